The molecule has 0 radical (unpaired) electrons. The molecule has 1 N–H and O–H groups in total. The summed E-state index contributed by atoms with van der Waals surface area (Å²) in [5.74, 6) is 0.585. The van der Waals surface area contributed by atoms with Gasteiger partial charge >= 0.3 is 6.18 Å². The first-order valence-electron chi connectivity index (χ1n) is 16.0. The Balaban J connectivity index is 1.06. The van der Waals surface area contributed by atoms with Gasteiger partial charge in [-0.15, -0.1) is 11.3 Å². The monoisotopic (exact) mass is 703 g/mol. The summed E-state index contributed by atoms with van der Waals surface area (Å²) in [7, 11) is -0.322. The van der Waals surface area contributed by atoms with Gasteiger partial charge in [-0.3, -0.25) is 9.80 Å². The van der Waals surface area contributed by atoms with Crippen LogP contribution in [0.25, 0.3) is 21.1 Å². The Morgan fingerprint density at radius 2 is 1.75 bits per heavy atom. The molecule has 11 nitrogen and oxygen atoms in total. The molecule has 1 aromatic carbocycles. The van der Waals surface area contributed by atoms with Crippen LogP contribution in [0.5, 0.6) is 0 Å². The fraction of sp³-hybridized carbons (Fsp3) is 0.531. The largest absolute Gasteiger partial charge is 0.393 e. The van der Waals surface area contributed by atoms with Crippen molar-refractivity contribution in [3.05, 3.63) is 52.3 Å². The minimum Gasteiger partial charge on any atom is -0.367 e. The first-order valence-corrected chi connectivity index (χ1v) is 18.2. The third-order valence-corrected chi connectivity index (χ3v) is 12.4. The van der Waals surface area contributed by atoms with Crippen LogP contribution in [0.3, 0.4) is 0 Å². The number of benzene rings is 1. The number of nitrogens with zero attached hydrogens (tertiary/aromatic N) is 8. The van der Waals surface area contributed by atoms with Crippen LogP contribution in [0.2, 0.25) is 0 Å². The first-order chi connectivity index (χ1) is 22.8. The standard InChI is InChI=1S/C32H40F3N9O2S2/c1-22-23(20-42-8-6-24(7-9-42)39-30-28-17-26(18-32(33,34)35)47-31(28)38-21-37-30)4-5-29-27(22)16-25(19-36)44(29)15-12-41-10-13-43(14-11-41)48(45,46)40(2)3/h4-5,16-17,21,24H,6-15,18,20H2,1-3H3,(H,37,38,39). The highest BCUT2D eigenvalue weighted by molar-refractivity contribution is 7.86. The first kappa shape index (κ1) is 34.5. The molecule has 4 aromatic rings. The predicted octanol–water partition coefficient (Wildman–Crippen LogP) is 4.43. The maximum atomic E-state index is 12.9. The summed E-state index contributed by atoms with van der Waals surface area (Å²) in [6.07, 6.45) is -2.09. The summed E-state index contributed by atoms with van der Waals surface area (Å²) in [5, 5.41) is 15.1. The fourth-order valence-electron chi connectivity index (χ4n) is 6.66. The molecule has 0 bridgehead atoms. The third-order valence-electron chi connectivity index (χ3n) is 9.42. The van der Waals surface area contributed by atoms with Crippen molar-refractivity contribution in [3.8, 4) is 6.07 Å². The van der Waals surface area contributed by atoms with Gasteiger partial charge in [-0.2, -0.15) is 35.5 Å². The molecule has 0 saturated carbocycles. The molecule has 0 aliphatic carbocycles. The number of piperazine rings is 1. The highest BCUT2D eigenvalue weighted by Crippen LogP contribution is 2.33. The van der Waals surface area contributed by atoms with Gasteiger partial charge in [0.15, 0.2) is 0 Å². The molecule has 16 heteroatoms. The minimum absolute atomic E-state index is 0.154. The van der Waals surface area contributed by atoms with Crippen molar-refractivity contribution in [2.24, 2.45) is 0 Å². The molecule has 2 fully saturated rings. The second kappa shape index (κ2) is 13.9. The molecule has 258 valence electrons. The van der Waals surface area contributed by atoms with Crippen molar-refractivity contribution in [2.45, 2.75) is 51.5 Å². The third kappa shape index (κ3) is 7.46. The summed E-state index contributed by atoms with van der Waals surface area (Å²) >= 11 is 1.06. The second-order valence-corrected chi connectivity index (χ2v) is 16.0. The summed E-state index contributed by atoms with van der Waals surface area (Å²) in [5.41, 5.74) is 4.00. The molecule has 48 heavy (non-hydrogen) atoms. The molecule has 6 rings (SSSR count). The molecule has 3 aromatic heterocycles. The van der Waals surface area contributed by atoms with Gasteiger partial charge in [0, 0.05) is 94.8 Å². The van der Waals surface area contributed by atoms with Gasteiger partial charge in [0.2, 0.25) is 0 Å². The molecule has 0 atom stereocenters. The molecule has 2 aliphatic rings. The smallest absolute Gasteiger partial charge is 0.367 e. The highest BCUT2D eigenvalue weighted by Gasteiger charge is 2.30. The number of alkyl halides is 3. The summed E-state index contributed by atoms with van der Waals surface area (Å²) < 4.78 is 68.6. The Bertz CT molecular complexity index is 1920. The van der Waals surface area contributed by atoms with Gasteiger partial charge in [0.25, 0.3) is 10.2 Å². The van der Waals surface area contributed by atoms with E-state index in [9.17, 15) is 26.9 Å². The van der Waals surface area contributed by atoms with Gasteiger partial charge in [-0.05, 0) is 49.1 Å². The van der Waals surface area contributed by atoms with E-state index >= 15 is 0 Å². The van der Waals surface area contributed by atoms with E-state index < -0.39 is 22.8 Å². The number of aryl methyl sites for hydroxylation is 1. The van der Waals surface area contributed by atoms with Crippen LogP contribution in [0.4, 0.5) is 19.0 Å². The van der Waals surface area contributed by atoms with Crippen LogP contribution in [0.1, 0.15) is 34.5 Å². The lowest BCUT2D eigenvalue weighted by atomic mass is 10.0. The van der Waals surface area contributed by atoms with Crippen LogP contribution in [-0.2, 0) is 29.7 Å². The number of anilines is 1. The predicted molar refractivity (Wildman–Crippen MR) is 181 cm³/mol. The molecule has 5 heterocycles. The molecular formula is C32H40F3N9O2S2. The summed E-state index contributed by atoms with van der Waals surface area (Å²) in [6.45, 7) is 8.14. The number of halogens is 3. The maximum absolute atomic E-state index is 12.9. The van der Waals surface area contributed by atoms with E-state index in [1.165, 1.54) is 20.5 Å². The number of hydrogen-bond donors (Lipinski definition) is 1. The SMILES string of the molecule is Cc1c(CN2CCC(Nc3ncnc4sc(CC(F)(F)F)cc34)CC2)ccc2c1cc(C#N)n2CCN1CCN(S(=O)(=O)N(C)C)CC1. The number of likely N-dealkylation sites (tertiary alicyclic amines) is 1. The van der Waals surface area contributed by atoms with Crippen molar-refractivity contribution in [1.82, 2.24) is 32.9 Å². The van der Waals surface area contributed by atoms with Gasteiger partial charge in [0.05, 0.1) is 11.8 Å². The van der Waals surface area contributed by atoms with Crippen molar-refractivity contribution in [2.75, 3.05) is 65.2 Å². The Morgan fingerprint density at radius 1 is 1.02 bits per heavy atom. The topological polar surface area (TPSA) is 114 Å². The summed E-state index contributed by atoms with van der Waals surface area (Å²) in [4.78, 5) is 14.0. The van der Waals surface area contributed by atoms with Crippen LogP contribution >= 0.6 is 11.3 Å². The number of piperidine rings is 1. The number of aromatic nitrogens is 3. The molecule has 2 aliphatic heterocycles. The number of nitriles is 1. The average molecular weight is 704 g/mol. The number of rotatable bonds is 10. The van der Waals surface area contributed by atoms with E-state index in [1.54, 1.807) is 20.2 Å². The highest BCUT2D eigenvalue weighted by atomic mass is 32.2. The molecule has 0 spiro atoms. The maximum Gasteiger partial charge on any atom is 0.393 e. The molecule has 2 saturated heterocycles. The lowest BCUT2D eigenvalue weighted by Gasteiger charge is -2.35. The molecular weight excluding hydrogens is 664 g/mol. The van der Waals surface area contributed by atoms with E-state index in [1.807, 2.05) is 6.07 Å². The Morgan fingerprint density at radius 3 is 2.42 bits per heavy atom. The van der Waals surface area contributed by atoms with Gasteiger partial charge in [-0.25, -0.2) is 9.97 Å². The van der Waals surface area contributed by atoms with Crippen molar-refractivity contribution >= 4 is 48.5 Å². The van der Waals surface area contributed by atoms with Crippen molar-refractivity contribution in [1.29, 1.82) is 5.26 Å². The van der Waals surface area contributed by atoms with Crippen LogP contribution in [-0.4, -0.2) is 113 Å². The fourth-order valence-corrected chi connectivity index (χ4v) is 8.77. The number of thiophene rings is 1. The van der Waals surface area contributed by atoms with E-state index in [-0.39, 0.29) is 10.9 Å². The minimum atomic E-state index is -4.27. The normalized spacial score (nSPS) is 17.9. The quantitative estimate of drug-likeness (QED) is 0.258. The summed E-state index contributed by atoms with van der Waals surface area (Å²) in [6, 6.07) is 10.3. The average Bonchev–Trinajstić information content (AvgIpc) is 3.62. The molecule has 0 amide bonds. The number of nitrogens with one attached hydrogen (secondary N) is 1. The Hall–Kier alpha value is -3.33. The van der Waals surface area contributed by atoms with E-state index in [0.717, 1.165) is 66.8 Å². The zero-order chi connectivity index (χ0) is 34.2. The van der Waals surface area contributed by atoms with Crippen molar-refractivity contribution in [3.63, 3.8) is 0 Å². The van der Waals surface area contributed by atoms with E-state index in [0.29, 0.717) is 54.5 Å². The van der Waals surface area contributed by atoms with Crippen LogP contribution < -0.4 is 5.32 Å². The lowest BCUT2D eigenvalue weighted by molar-refractivity contribution is -0.126. The zero-order valence-electron chi connectivity index (χ0n) is 27.3. The molecule has 0 unspecified atom stereocenters. The van der Waals surface area contributed by atoms with Gasteiger partial charge < -0.3 is 9.88 Å². The number of hydrogen-bond acceptors (Lipinski definition) is 9. The van der Waals surface area contributed by atoms with Gasteiger partial charge in [-0.1, -0.05) is 6.07 Å². The zero-order valence-corrected chi connectivity index (χ0v) is 28.9. The van der Waals surface area contributed by atoms with Crippen LogP contribution in [0, 0.1) is 18.3 Å². The number of fused-ring (bicyclic) bond motifs is 2. The Kier molecular flexibility index (Phi) is 9.99. The second-order valence-electron chi connectivity index (χ2n) is 12.7. The van der Waals surface area contributed by atoms with E-state index in [2.05, 4.69) is 54.8 Å². The Labute approximate surface area is 282 Å². The van der Waals surface area contributed by atoms with Gasteiger partial charge in [0.1, 0.15) is 28.7 Å². The van der Waals surface area contributed by atoms with Crippen molar-refractivity contribution < 1.29 is 21.6 Å². The van der Waals surface area contributed by atoms with Crippen LogP contribution in [0.15, 0.2) is 30.6 Å². The van der Waals surface area contributed by atoms with E-state index in [4.69, 9.17) is 0 Å². The lowest BCUT2D eigenvalue weighted by Crippen LogP contribution is -2.52.